The summed E-state index contributed by atoms with van der Waals surface area (Å²) >= 11 is 1.85. The fourth-order valence-corrected chi connectivity index (χ4v) is 6.64. The lowest BCUT2D eigenvalue weighted by Gasteiger charge is -2.26. The van der Waals surface area contributed by atoms with Crippen molar-refractivity contribution in [2.45, 2.75) is 0 Å². The lowest BCUT2D eigenvalue weighted by molar-refractivity contribution is 0.669. The van der Waals surface area contributed by atoms with E-state index in [9.17, 15) is 0 Å². The molecule has 0 bridgehead atoms. The van der Waals surface area contributed by atoms with Gasteiger partial charge in [0.15, 0.2) is 0 Å². The molecule has 0 N–H and O–H groups in total. The Morgan fingerprint density at radius 3 is 2.11 bits per heavy atom. The summed E-state index contributed by atoms with van der Waals surface area (Å²) in [6, 6.07) is 45.4. The predicted octanol–water partition coefficient (Wildman–Crippen LogP) is 10.6. The van der Waals surface area contributed by atoms with Crippen molar-refractivity contribution in [2.24, 2.45) is 0 Å². The highest BCUT2D eigenvalue weighted by atomic mass is 32.1. The van der Waals surface area contributed by atoms with Crippen molar-refractivity contribution in [1.29, 1.82) is 0 Å². The molecular formula is C34H21NOS. The van der Waals surface area contributed by atoms with Crippen LogP contribution >= 0.6 is 11.3 Å². The van der Waals surface area contributed by atoms with Gasteiger partial charge in [0, 0.05) is 48.0 Å². The van der Waals surface area contributed by atoms with E-state index in [2.05, 4.69) is 120 Å². The second-order valence-electron chi connectivity index (χ2n) is 9.39. The summed E-state index contributed by atoms with van der Waals surface area (Å²) in [4.78, 5) is 2.35. The van der Waals surface area contributed by atoms with Crippen LogP contribution in [0.1, 0.15) is 0 Å². The topological polar surface area (TPSA) is 16.4 Å². The molecule has 0 aliphatic heterocycles. The number of rotatable bonds is 3. The minimum atomic E-state index is 0.927. The fourth-order valence-electron chi connectivity index (χ4n) is 5.56. The van der Waals surface area contributed by atoms with Crippen LogP contribution in [0.3, 0.4) is 0 Å². The Labute approximate surface area is 217 Å². The molecule has 2 heterocycles. The largest absolute Gasteiger partial charge is 0.456 e. The van der Waals surface area contributed by atoms with Crippen molar-refractivity contribution >= 4 is 81.3 Å². The Bertz CT molecular complexity index is 2100. The van der Waals surface area contributed by atoms with Gasteiger partial charge in [-0.15, -0.1) is 11.3 Å². The zero-order valence-electron chi connectivity index (χ0n) is 19.9. The molecule has 0 unspecified atom stereocenters. The van der Waals surface area contributed by atoms with Crippen molar-refractivity contribution in [3.63, 3.8) is 0 Å². The molecule has 8 aromatic rings. The maximum absolute atomic E-state index is 6.14. The molecule has 6 aromatic carbocycles. The van der Waals surface area contributed by atoms with Crippen molar-refractivity contribution in [3.05, 3.63) is 127 Å². The number of hydrogen-bond donors (Lipinski definition) is 0. The second-order valence-corrected chi connectivity index (χ2v) is 10.5. The maximum Gasteiger partial charge on any atom is 0.136 e. The zero-order chi connectivity index (χ0) is 24.3. The Hall–Kier alpha value is -4.60. The highest BCUT2D eigenvalue weighted by molar-refractivity contribution is 7.25. The highest BCUT2D eigenvalue weighted by Crippen LogP contribution is 2.42. The lowest BCUT2D eigenvalue weighted by atomic mass is 10.0. The number of nitrogens with zero attached hydrogens (tertiary/aromatic N) is 1. The van der Waals surface area contributed by atoms with E-state index in [0.717, 1.165) is 33.6 Å². The molecule has 0 saturated heterocycles. The monoisotopic (exact) mass is 491 g/mol. The molecule has 0 atom stereocenters. The van der Waals surface area contributed by atoms with Gasteiger partial charge in [-0.3, -0.25) is 0 Å². The van der Waals surface area contributed by atoms with Crippen molar-refractivity contribution < 1.29 is 4.42 Å². The van der Waals surface area contributed by atoms with Crippen LogP contribution in [0.4, 0.5) is 17.1 Å². The molecule has 37 heavy (non-hydrogen) atoms. The van der Waals surface area contributed by atoms with Crippen molar-refractivity contribution in [2.75, 3.05) is 4.90 Å². The zero-order valence-corrected chi connectivity index (χ0v) is 20.7. The first-order chi connectivity index (χ1) is 18.3. The van der Waals surface area contributed by atoms with Crippen LogP contribution in [-0.4, -0.2) is 0 Å². The number of thiophene rings is 1. The first kappa shape index (κ1) is 20.6. The molecular weight excluding hydrogens is 470 g/mol. The van der Waals surface area contributed by atoms with Crippen LogP contribution in [0.15, 0.2) is 132 Å². The first-order valence-electron chi connectivity index (χ1n) is 12.4. The molecule has 0 saturated carbocycles. The maximum atomic E-state index is 6.14. The van der Waals surface area contributed by atoms with Crippen molar-refractivity contribution in [3.8, 4) is 0 Å². The summed E-state index contributed by atoms with van der Waals surface area (Å²) in [5, 5.41) is 7.34. The third-order valence-electron chi connectivity index (χ3n) is 7.23. The smallest absolute Gasteiger partial charge is 0.136 e. The molecule has 0 aliphatic carbocycles. The van der Waals surface area contributed by atoms with Crippen LogP contribution in [0.2, 0.25) is 0 Å². The summed E-state index contributed by atoms with van der Waals surface area (Å²) in [5.74, 6) is 0. The van der Waals surface area contributed by atoms with E-state index in [1.165, 1.54) is 36.3 Å². The number of hydrogen-bond acceptors (Lipinski definition) is 3. The Morgan fingerprint density at radius 1 is 0.459 bits per heavy atom. The van der Waals surface area contributed by atoms with Crippen LogP contribution in [0.25, 0.3) is 52.9 Å². The van der Waals surface area contributed by atoms with Crippen LogP contribution < -0.4 is 4.90 Å². The molecule has 3 heteroatoms. The van der Waals surface area contributed by atoms with Gasteiger partial charge in [-0.25, -0.2) is 0 Å². The van der Waals surface area contributed by atoms with Crippen LogP contribution in [0.5, 0.6) is 0 Å². The summed E-state index contributed by atoms with van der Waals surface area (Å²) < 4.78 is 8.77. The van der Waals surface area contributed by atoms with E-state index >= 15 is 0 Å². The van der Waals surface area contributed by atoms with Crippen molar-refractivity contribution in [1.82, 2.24) is 0 Å². The van der Waals surface area contributed by atoms with E-state index in [1.807, 2.05) is 23.5 Å². The summed E-state index contributed by atoms with van der Waals surface area (Å²) in [6.45, 7) is 0. The van der Waals surface area contributed by atoms with E-state index in [0.29, 0.717) is 0 Å². The number of anilines is 3. The van der Waals surface area contributed by atoms with Gasteiger partial charge in [0.05, 0.1) is 0 Å². The molecule has 0 amide bonds. The van der Waals surface area contributed by atoms with Gasteiger partial charge in [0.2, 0.25) is 0 Å². The lowest BCUT2D eigenvalue weighted by Crippen LogP contribution is -2.09. The summed E-state index contributed by atoms with van der Waals surface area (Å²) in [5.41, 5.74) is 5.27. The molecule has 8 rings (SSSR count). The van der Waals surface area contributed by atoms with Gasteiger partial charge >= 0.3 is 0 Å². The minimum Gasteiger partial charge on any atom is -0.456 e. The first-order valence-corrected chi connectivity index (χ1v) is 13.3. The average molecular weight is 492 g/mol. The molecule has 2 aromatic heterocycles. The van der Waals surface area contributed by atoms with Gasteiger partial charge < -0.3 is 9.32 Å². The second kappa shape index (κ2) is 7.95. The number of benzene rings is 6. The highest BCUT2D eigenvalue weighted by Gasteiger charge is 2.16. The Morgan fingerprint density at radius 2 is 1.19 bits per heavy atom. The van der Waals surface area contributed by atoms with Gasteiger partial charge in [-0.2, -0.15) is 0 Å². The van der Waals surface area contributed by atoms with E-state index in [4.69, 9.17) is 4.42 Å². The van der Waals surface area contributed by atoms with Crippen LogP contribution in [0, 0.1) is 0 Å². The summed E-state index contributed by atoms with van der Waals surface area (Å²) in [7, 11) is 0. The third kappa shape index (κ3) is 3.18. The molecule has 0 aliphatic rings. The SMILES string of the molecule is c1ccc(N(c2ccc3c(ccc4oc5ccccc5c43)c2)c2ccc3sc4ccccc4c3c2)cc1. The minimum absolute atomic E-state index is 0.927. The fraction of sp³-hybridized carbons (Fsp3) is 0. The summed E-state index contributed by atoms with van der Waals surface area (Å²) in [6.07, 6.45) is 0. The quantitative estimate of drug-likeness (QED) is 0.244. The van der Waals surface area contributed by atoms with Gasteiger partial charge in [0.1, 0.15) is 11.2 Å². The molecule has 2 nitrogen and oxygen atoms in total. The average Bonchev–Trinajstić information content (AvgIpc) is 3.52. The van der Waals surface area contributed by atoms with E-state index < -0.39 is 0 Å². The Balaban J connectivity index is 1.36. The third-order valence-corrected chi connectivity index (χ3v) is 8.38. The Kier molecular flexibility index (Phi) is 4.42. The standard InChI is InChI=1S/C34H21NOS/c1-2-8-23(9-3-1)35(25-16-19-33-29(21-25)27-10-5-7-13-32(27)37-33)24-15-17-26-22(20-24)14-18-31-34(26)28-11-4-6-12-30(28)36-31/h1-21H. The van der Waals surface area contributed by atoms with E-state index in [-0.39, 0.29) is 0 Å². The number of para-hydroxylation sites is 2. The number of furan rings is 1. The van der Waals surface area contributed by atoms with Gasteiger partial charge in [-0.1, -0.05) is 66.7 Å². The molecule has 0 spiro atoms. The van der Waals surface area contributed by atoms with Gasteiger partial charge in [-0.05, 0) is 71.4 Å². The molecule has 174 valence electrons. The normalized spacial score (nSPS) is 11.8. The van der Waals surface area contributed by atoms with E-state index in [1.54, 1.807) is 0 Å². The molecule has 0 fully saturated rings. The molecule has 0 radical (unpaired) electrons. The predicted molar refractivity (Wildman–Crippen MR) is 159 cm³/mol. The van der Waals surface area contributed by atoms with Gasteiger partial charge in [0.25, 0.3) is 0 Å². The van der Waals surface area contributed by atoms with Crippen LogP contribution in [-0.2, 0) is 0 Å². The number of fused-ring (bicyclic) bond motifs is 8.